The second kappa shape index (κ2) is 10.4. The molecule has 3 rings (SSSR count). The molecule has 2 N–H and O–H groups in total. The Labute approximate surface area is 171 Å². The molecular weight excluding hydrogens is 443 g/mol. The van der Waals surface area contributed by atoms with Crippen LogP contribution in [0, 0.1) is 0 Å². The third-order valence-corrected chi connectivity index (χ3v) is 4.32. The first kappa shape index (κ1) is 20.6. The maximum Gasteiger partial charge on any atom is 0.194 e. The predicted octanol–water partition coefficient (Wildman–Crippen LogP) is 2.72. The number of rotatable bonds is 5. The minimum absolute atomic E-state index is 0. The van der Waals surface area contributed by atoms with Crippen molar-refractivity contribution in [3.63, 3.8) is 0 Å². The van der Waals surface area contributed by atoms with Crippen LogP contribution in [0.2, 0.25) is 0 Å². The summed E-state index contributed by atoms with van der Waals surface area (Å²) in [6.45, 7) is 6.85. The maximum absolute atomic E-state index is 10.2. The average molecular weight is 470 g/mol. The van der Waals surface area contributed by atoms with Crippen LogP contribution in [0.1, 0.15) is 18.8 Å². The topological polar surface area (TPSA) is 64.2 Å². The number of guanidine groups is 1. The number of benzene rings is 1. The van der Waals surface area contributed by atoms with Crippen molar-refractivity contribution in [2.45, 2.75) is 13.0 Å². The van der Waals surface area contributed by atoms with E-state index in [4.69, 9.17) is 4.42 Å². The number of aliphatic imine (C=N–C) groups is 1. The standard InChI is InChI=1S/C19H26N4O2.HI/c1-2-20-19(21-15-17(24)18-9-6-14-25-18)23-12-10-22(11-13-23)16-7-4-3-5-8-16;/h3-9,14,17,24H,2,10-13,15H2,1H3,(H,20,21);1H. The Morgan fingerprint density at radius 3 is 2.50 bits per heavy atom. The summed E-state index contributed by atoms with van der Waals surface area (Å²) in [6, 6.07) is 14.0. The first-order valence-corrected chi connectivity index (χ1v) is 8.82. The zero-order valence-electron chi connectivity index (χ0n) is 15.0. The van der Waals surface area contributed by atoms with E-state index in [0.29, 0.717) is 5.76 Å². The molecule has 1 atom stereocenters. The molecule has 1 unspecified atom stereocenters. The van der Waals surface area contributed by atoms with Crippen molar-refractivity contribution in [3.05, 3.63) is 54.5 Å². The largest absolute Gasteiger partial charge is 0.467 e. The number of para-hydroxylation sites is 1. The van der Waals surface area contributed by atoms with E-state index in [1.807, 2.05) is 6.07 Å². The molecule has 1 aliphatic rings. The van der Waals surface area contributed by atoms with Crippen molar-refractivity contribution in [2.24, 2.45) is 4.99 Å². The van der Waals surface area contributed by atoms with Gasteiger partial charge in [-0.25, -0.2) is 4.99 Å². The lowest BCUT2D eigenvalue weighted by atomic mass is 10.2. The van der Waals surface area contributed by atoms with E-state index in [0.717, 1.165) is 38.7 Å². The summed E-state index contributed by atoms with van der Waals surface area (Å²) in [4.78, 5) is 9.23. The van der Waals surface area contributed by atoms with Crippen molar-refractivity contribution in [1.82, 2.24) is 10.2 Å². The van der Waals surface area contributed by atoms with Crippen LogP contribution in [-0.2, 0) is 0 Å². The molecule has 1 aliphatic heterocycles. The first-order valence-electron chi connectivity index (χ1n) is 8.82. The van der Waals surface area contributed by atoms with Crippen molar-refractivity contribution in [3.8, 4) is 0 Å². The van der Waals surface area contributed by atoms with Crippen molar-refractivity contribution in [1.29, 1.82) is 0 Å². The second-order valence-electron chi connectivity index (χ2n) is 6.04. The lowest BCUT2D eigenvalue weighted by Gasteiger charge is -2.37. The van der Waals surface area contributed by atoms with Crippen LogP contribution < -0.4 is 10.2 Å². The van der Waals surface area contributed by atoms with Gasteiger partial charge < -0.3 is 24.6 Å². The summed E-state index contributed by atoms with van der Waals surface area (Å²) in [6.07, 6.45) is 0.852. The van der Waals surface area contributed by atoms with Crippen molar-refractivity contribution in [2.75, 3.05) is 44.2 Å². The first-order chi connectivity index (χ1) is 12.3. The molecule has 0 saturated carbocycles. The van der Waals surface area contributed by atoms with Crippen LogP contribution in [0.25, 0.3) is 0 Å². The number of aliphatic hydroxyl groups excluding tert-OH is 1. The number of piperazine rings is 1. The zero-order valence-corrected chi connectivity index (χ0v) is 17.4. The average Bonchev–Trinajstić information content (AvgIpc) is 3.21. The van der Waals surface area contributed by atoms with E-state index in [-0.39, 0.29) is 30.5 Å². The van der Waals surface area contributed by atoms with Gasteiger partial charge in [-0.15, -0.1) is 24.0 Å². The molecule has 0 bridgehead atoms. The molecule has 1 aromatic carbocycles. The van der Waals surface area contributed by atoms with Gasteiger partial charge in [0, 0.05) is 38.4 Å². The molecule has 1 saturated heterocycles. The van der Waals surface area contributed by atoms with Gasteiger partial charge in [-0.1, -0.05) is 18.2 Å². The quantitative estimate of drug-likeness (QED) is 0.400. The Balaban J connectivity index is 0.00000243. The summed E-state index contributed by atoms with van der Waals surface area (Å²) in [5.41, 5.74) is 1.26. The fraction of sp³-hybridized carbons (Fsp3) is 0.421. The number of nitrogens with one attached hydrogen (secondary N) is 1. The highest BCUT2D eigenvalue weighted by Gasteiger charge is 2.20. The van der Waals surface area contributed by atoms with Crippen LogP contribution in [0.5, 0.6) is 0 Å². The highest BCUT2D eigenvalue weighted by molar-refractivity contribution is 14.0. The molecule has 0 radical (unpaired) electrons. The normalized spacial score (nSPS) is 16.2. The second-order valence-corrected chi connectivity index (χ2v) is 6.04. The summed E-state index contributed by atoms with van der Waals surface area (Å²) >= 11 is 0. The molecule has 1 fully saturated rings. The Morgan fingerprint density at radius 2 is 1.88 bits per heavy atom. The fourth-order valence-electron chi connectivity index (χ4n) is 2.98. The summed E-state index contributed by atoms with van der Waals surface area (Å²) in [7, 11) is 0. The lowest BCUT2D eigenvalue weighted by Crippen LogP contribution is -2.52. The van der Waals surface area contributed by atoms with Gasteiger partial charge >= 0.3 is 0 Å². The summed E-state index contributed by atoms with van der Waals surface area (Å²) in [5.74, 6) is 1.40. The van der Waals surface area contributed by atoms with Crippen LogP contribution >= 0.6 is 24.0 Å². The molecular formula is C19H27IN4O2. The molecule has 26 heavy (non-hydrogen) atoms. The third-order valence-electron chi connectivity index (χ3n) is 4.32. The van der Waals surface area contributed by atoms with Crippen molar-refractivity contribution < 1.29 is 9.52 Å². The molecule has 7 heteroatoms. The van der Waals surface area contributed by atoms with Crippen LogP contribution in [-0.4, -0.2) is 55.2 Å². The number of hydrogen-bond acceptors (Lipinski definition) is 4. The number of aliphatic hydroxyl groups is 1. The van der Waals surface area contributed by atoms with E-state index in [9.17, 15) is 5.11 Å². The number of furan rings is 1. The van der Waals surface area contributed by atoms with Gasteiger partial charge in [-0.2, -0.15) is 0 Å². The van der Waals surface area contributed by atoms with E-state index >= 15 is 0 Å². The minimum Gasteiger partial charge on any atom is -0.467 e. The van der Waals surface area contributed by atoms with E-state index in [2.05, 4.69) is 51.3 Å². The van der Waals surface area contributed by atoms with Crippen LogP contribution in [0.15, 0.2) is 58.1 Å². The Hall–Kier alpha value is -1.74. The summed E-state index contributed by atoms with van der Waals surface area (Å²) < 4.78 is 5.24. The van der Waals surface area contributed by atoms with Gasteiger partial charge in [0.1, 0.15) is 11.9 Å². The molecule has 2 aromatic rings. The molecule has 2 heterocycles. The number of hydrogen-bond donors (Lipinski definition) is 2. The summed E-state index contributed by atoms with van der Waals surface area (Å²) in [5, 5.41) is 13.5. The molecule has 6 nitrogen and oxygen atoms in total. The Morgan fingerprint density at radius 1 is 1.15 bits per heavy atom. The minimum atomic E-state index is -0.714. The molecule has 0 spiro atoms. The zero-order chi connectivity index (χ0) is 17.5. The Kier molecular flexibility index (Phi) is 8.24. The molecule has 142 valence electrons. The van der Waals surface area contributed by atoms with Crippen LogP contribution in [0.4, 0.5) is 5.69 Å². The van der Waals surface area contributed by atoms with Crippen molar-refractivity contribution >= 4 is 35.6 Å². The van der Waals surface area contributed by atoms with E-state index in [1.165, 1.54) is 5.69 Å². The number of nitrogens with zero attached hydrogens (tertiary/aromatic N) is 3. The van der Waals surface area contributed by atoms with Crippen LogP contribution in [0.3, 0.4) is 0 Å². The fourth-order valence-corrected chi connectivity index (χ4v) is 2.98. The van der Waals surface area contributed by atoms with Gasteiger partial charge in [0.25, 0.3) is 0 Å². The van der Waals surface area contributed by atoms with Gasteiger partial charge in [0.15, 0.2) is 5.96 Å². The van der Waals surface area contributed by atoms with E-state index < -0.39 is 6.10 Å². The lowest BCUT2D eigenvalue weighted by molar-refractivity contribution is 0.158. The third kappa shape index (κ3) is 5.38. The maximum atomic E-state index is 10.2. The highest BCUT2D eigenvalue weighted by atomic mass is 127. The smallest absolute Gasteiger partial charge is 0.194 e. The predicted molar refractivity (Wildman–Crippen MR) is 115 cm³/mol. The number of halogens is 1. The molecule has 1 aromatic heterocycles. The van der Waals surface area contributed by atoms with Gasteiger partial charge in [-0.3, -0.25) is 0 Å². The van der Waals surface area contributed by atoms with Gasteiger partial charge in [0.2, 0.25) is 0 Å². The van der Waals surface area contributed by atoms with Gasteiger partial charge in [-0.05, 0) is 31.2 Å². The Bertz CT molecular complexity index is 655. The number of anilines is 1. The monoisotopic (exact) mass is 470 g/mol. The molecule has 0 aliphatic carbocycles. The van der Waals surface area contributed by atoms with E-state index in [1.54, 1.807) is 18.4 Å². The SMILES string of the molecule is CCNC(=NCC(O)c1ccco1)N1CCN(c2ccccc2)CC1.I. The highest BCUT2D eigenvalue weighted by Crippen LogP contribution is 2.16. The van der Waals surface area contributed by atoms with Gasteiger partial charge in [0.05, 0.1) is 12.8 Å². The molecule has 0 amide bonds.